The summed E-state index contributed by atoms with van der Waals surface area (Å²) in [6, 6.07) is 7.56. The Hall–Kier alpha value is -0.550. The Kier molecular flexibility index (Phi) is 4.90. The Bertz CT molecular complexity index is 570. The lowest BCUT2D eigenvalue weighted by atomic mass is 10.1. The Morgan fingerprint density at radius 2 is 2.11 bits per heavy atom. The molecule has 0 spiro atoms. The van der Waals surface area contributed by atoms with Crippen molar-refractivity contribution in [2.24, 2.45) is 5.73 Å². The topological polar surface area (TPSA) is 35.2 Å². The van der Waals surface area contributed by atoms with E-state index in [0.29, 0.717) is 5.02 Å². The first-order valence-electron chi connectivity index (χ1n) is 5.89. The number of halogens is 2. The van der Waals surface area contributed by atoms with E-state index in [1.165, 1.54) is 0 Å². The van der Waals surface area contributed by atoms with Gasteiger partial charge < -0.3 is 10.5 Å². The third kappa shape index (κ3) is 3.72. The highest BCUT2D eigenvalue weighted by atomic mass is 79.9. The van der Waals surface area contributed by atoms with Crippen LogP contribution < -0.4 is 10.5 Å². The Labute approximate surface area is 130 Å². The molecule has 2 aromatic rings. The van der Waals surface area contributed by atoms with Crippen molar-refractivity contribution in [3.8, 4) is 5.75 Å². The van der Waals surface area contributed by atoms with Gasteiger partial charge in [-0.25, -0.2) is 0 Å². The molecular formula is C14H15BrClNOS. The van der Waals surface area contributed by atoms with Crippen molar-refractivity contribution >= 4 is 38.9 Å². The molecule has 19 heavy (non-hydrogen) atoms. The fourth-order valence-corrected chi connectivity index (χ4v) is 3.49. The van der Waals surface area contributed by atoms with Crippen LogP contribution in [-0.2, 0) is 0 Å². The Morgan fingerprint density at radius 3 is 2.68 bits per heavy atom. The molecule has 0 aliphatic rings. The Balaban J connectivity index is 2.29. The molecular weight excluding hydrogens is 346 g/mol. The van der Waals surface area contributed by atoms with Crippen LogP contribution in [0.3, 0.4) is 0 Å². The lowest BCUT2D eigenvalue weighted by Crippen LogP contribution is -2.28. The SMILES string of the molecule is Cc1ccc(Cl)cc1OC(c1cc(Br)cs1)C(C)N. The van der Waals surface area contributed by atoms with Gasteiger partial charge in [0.05, 0.1) is 0 Å². The largest absolute Gasteiger partial charge is 0.483 e. The van der Waals surface area contributed by atoms with E-state index >= 15 is 0 Å². The van der Waals surface area contributed by atoms with Crippen LogP contribution in [0.1, 0.15) is 23.5 Å². The molecule has 1 aromatic carbocycles. The summed E-state index contributed by atoms with van der Waals surface area (Å²) >= 11 is 11.1. The maximum Gasteiger partial charge on any atom is 0.148 e. The highest BCUT2D eigenvalue weighted by Gasteiger charge is 2.21. The van der Waals surface area contributed by atoms with Crippen molar-refractivity contribution in [2.75, 3.05) is 0 Å². The normalized spacial score (nSPS) is 14.2. The first kappa shape index (κ1) is 14.9. The standard InChI is InChI=1S/C14H15BrClNOS/c1-8-3-4-11(16)6-12(8)18-14(9(2)17)13-5-10(15)7-19-13/h3-7,9,14H,17H2,1-2H3. The fraction of sp³-hybridized carbons (Fsp3) is 0.286. The van der Waals surface area contributed by atoms with Crippen molar-refractivity contribution in [3.63, 3.8) is 0 Å². The van der Waals surface area contributed by atoms with Crippen LogP contribution in [0.5, 0.6) is 5.75 Å². The zero-order valence-electron chi connectivity index (χ0n) is 10.7. The van der Waals surface area contributed by atoms with Gasteiger partial charge in [0, 0.05) is 25.8 Å². The number of nitrogens with two attached hydrogens (primary N) is 1. The van der Waals surface area contributed by atoms with Gasteiger partial charge in [-0.1, -0.05) is 17.7 Å². The van der Waals surface area contributed by atoms with Gasteiger partial charge in [0.2, 0.25) is 0 Å². The summed E-state index contributed by atoms with van der Waals surface area (Å²) in [5, 5.41) is 2.69. The van der Waals surface area contributed by atoms with Crippen LogP contribution in [0.4, 0.5) is 0 Å². The molecule has 0 amide bonds. The van der Waals surface area contributed by atoms with E-state index in [2.05, 4.69) is 15.9 Å². The third-order valence-electron chi connectivity index (χ3n) is 2.75. The van der Waals surface area contributed by atoms with Gasteiger partial charge in [-0.2, -0.15) is 0 Å². The molecule has 2 nitrogen and oxygen atoms in total. The second-order valence-corrected chi connectivity index (χ2v) is 6.77. The first-order valence-corrected chi connectivity index (χ1v) is 7.94. The molecule has 2 N–H and O–H groups in total. The minimum absolute atomic E-state index is 0.107. The zero-order chi connectivity index (χ0) is 14.0. The van der Waals surface area contributed by atoms with E-state index in [9.17, 15) is 0 Å². The number of ether oxygens (including phenoxy) is 1. The molecule has 2 unspecified atom stereocenters. The van der Waals surface area contributed by atoms with Gasteiger partial charge in [0.25, 0.3) is 0 Å². The van der Waals surface area contributed by atoms with Crippen LogP contribution in [0.25, 0.3) is 0 Å². The van der Waals surface area contributed by atoms with E-state index in [-0.39, 0.29) is 12.1 Å². The van der Waals surface area contributed by atoms with E-state index in [4.69, 9.17) is 22.1 Å². The van der Waals surface area contributed by atoms with E-state index in [0.717, 1.165) is 20.7 Å². The van der Waals surface area contributed by atoms with Crippen LogP contribution >= 0.6 is 38.9 Å². The van der Waals surface area contributed by atoms with Crippen molar-refractivity contribution in [2.45, 2.75) is 26.0 Å². The number of rotatable bonds is 4. The summed E-state index contributed by atoms with van der Waals surface area (Å²) in [4.78, 5) is 1.10. The zero-order valence-corrected chi connectivity index (χ0v) is 13.8. The molecule has 0 saturated heterocycles. The minimum atomic E-state index is -0.173. The van der Waals surface area contributed by atoms with Gasteiger partial charge in [-0.3, -0.25) is 0 Å². The summed E-state index contributed by atoms with van der Waals surface area (Å²) in [5.41, 5.74) is 7.09. The third-order valence-corrected chi connectivity index (χ3v) is 4.74. The minimum Gasteiger partial charge on any atom is -0.483 e. The monoisotopic (exact) mass is 359 g/mol. The molecule has 1 aromatic heterocycles. The molecule has 5 heteroatoms. The first-order chi connectivity index (χ1) is 8.97. The van der Waals surface area contributed by atoms with Crippen LogP contribution in [0, 0.1) is 6.92 Å². The second-order valence-electron chi connectivity index (χ2n) is 4.47. The highest BCUT2D eigenvalue weighted by Crippen LogP contribution is 2.33. The van der Waals surface area contributed by atoms with E-state index in [1.807, 2.05) is 43.5 Å². The average molecular weight is 361 g/mol. The molecule has 2 rings (SSSR count). The summed E-state index contributed by atoms with van der Waals surface area (Å²) in [6.45, 7) is 3.94. The van der Waals surface area contributed by atoms with Gasteiger partial charge in [0.1, 0.15) is 11.9 Å². The van der Waals surface area contributed by atoms with Crippen LogP contribution in [0.15, 0.2) is 34.1 Å². The molecule has 0 radical (unpaired) electrons. The predicted octanol–water partition coefficient (Wildman–Crippen LogP) is 4.94. The van der Waals surface area contributed by atoms with Gasteiger partial charge in [0.15, 0.2) is 0 Å². The number of benzene rings is 1. The number of hydrogen-bond donors (Lipinski definition) is 1. The van der Waals surface area contributed by atoms with Crippen molar-refractivity contribution in [1.82, 2.24) is 0 Å². The number of thiophene rings is 1. The molecule has 1 heterocycles. The maximum atomic E-state index is 6.07. The van der Waals surface area contributed by atoms with Crippen LogP contribution in [-0.4, -0.2) is 6.04 Å². The molecule has 0 fully saturated rings. The smallest absolute Gasteiger partial charge is 0.148 e. The van der Waals surface area contributed by atoms with Crippen molar-refractivity contribution < 1.29 is 4.74 Å². The molecule has 0 saturated carbocycles. The van der Waals surface area contributed by atoms with E-state index < -0.39 is 0 Å². The molecule has 0 aliphatic heterocycles. The second kappa shape index (κ2) is 6.27. The number of hydrogen-bond acceptors (Lipinski definition) is 3. The van der Waals surface area contributed by atoms with Gasteiger partial charge in [-0.15, -0.1) is 11.3 Å². The summed E-state index contributed by atoms with van der Waals surface area (Å²) in [5.74, 6) is 0.777. The van der Waals surface area contributed by atoms with Crippen molar-refractivity contribution in [1.29, 1.82) is 0 Å². The molecule has 0 bridgehead atoms. The Morgan fingerprint density at radius 1 is 1.37 bits per heavy atom. The summed E-state index contributed by atoms with van der Waals surface area (Å²) in [7, 11) is 0. The average Bonchev–Trinajstić information content (AvgIpc) is 2.76. The predicted molar refractivity (Wildman–Crippen MR) is 85.2 cm³/mol. The molecule has 0 aliphatic carbocycles. The maximum absolute atomic E-state index is 6.07. The van der Waals surface area contributed by atoms with Gasteiger partial charge >= 0.3 is 0 Å². The quantitative estimate of drug-likeness (QED) is 0.838. The lowest BCUT2D eigenvalue weighted by molar-refractivity contribution is 0.183. The van der Waals surface area contributed by atoms with Crippen molar-refractivity contribution in [3.05, 3.63) is 49.6 Å². The van der Waals surface area contributed by atoms with Crippen LogP contribution in [0.2, 0.25) is 5.02 Å². The summed E-state index contributed by atoms with van der Waals surface area (Å²) < 4.78 is 7.11. The highest BCUT2D eigenvalue weighted by molar-refractivity contribution is 9.10. The van der Waals surface area contributed by atoms with E-state index in [1.54, 1.807) is 11.3 Å². The molecule has 2 atom stereocenters. The fourth-order valence-electron chi connectivity index (χ4n) is 1.74. The van der Waals surface area contributed by atoms with Gasteiger partial charge in [-0.05, 0) is 53.5 Å². The number of aryl methyl sites for hydroxylation is 1. The lowest BCUT2D eigenvalue weighted by Gasteiger charge is -2.22. The summed E-state index contributed by atoms with van der Waals surface area (Å²) in [6.07, 6.45) is -0.173. The molecule has 102 valence electrons.